The number of carbonyl (C=O) groups excluding carboxylic acids is 2. The van der Waals surface area contributed by atoms with E-state index in [1.807, 2.05) is 12.1 Å². The molecule has 4 rings (SSSR count). The average Bonchev–Trinajstić information content (AvgIpc) is 3.14. The zero-order chi connectivity index (χ0) is 37.4. The van der Waals surface area contributed by atoms with E-state index in [0.717, 1.165) is 56.0 Å². The lowest BCUT2D eigenvalue weighted by Crippen LogP contribution is -2.53. The van der Waals surface area contributed by atoms with Crippen molar-refractivity contribution in [2.75, 3.05) is 61.8 Å². The van der Waals surface area contributed by atoms with Crippen molar-refractivity contribution < 1.29 is 55.5 Å². The number of carbonyl (C=O) groups is 2. The van der Waals surface area contributed by atoms with Gasteiger partial charge in [0.15, 0.2) is 23.0 Å². The van der Waals surface area contributed by atoms with Crippen molar-refractivity contribution in [1.82, 2.24) is 0 Å². The Morgan fingerprint density at radius 2 is 1.45 bits per heavy atom. The minimum Gasteiger partial charge on any atom is -0.744 e. The van der Waals surface area contributed by atoms with Gasteiger partial charge in [0.25, 0.3) is 0 Å². The van der Waals surface area contributed by atoms with Crippen molar-refractivity contribution in [1.29, 1.82) is 0 Å². The molecule has 0 aromatic heterocycles. The third-order valence-electron chi connectivity index (χ3n) is 8.85. The molecule has 0 saturated heterocycles. The minimum absolute atomic E-state index is 0.0720. The summed E-state index contributed by atoms with van der Waals surface area (Å²) >= 11 is 0. The highest BCUT2D eigenvalue weighted by molar-refractivity contribution is 7.85. The molecule has 0 unspecified atom stereocenters. The first-order chi connectivity index (χ1) is 24.4. The molecule has 0 spiro atoms. The molecule has 1 aliphatic heterocycles. The molecule has 51 heavy (non-hydrogen) atoms. The quantitative estimate of drug-likeness (QED) is 0.0577. The Kier molecular flexibility index (Phi) is 15.8. The smallest absolute Gasteiger partial charge is 0.330 e. The number of nitrogens with zero attached hydrogens (tertiary/aromatic N) is 1. The zero-order valence-corrected chi connectivity index (χ0v) is 30.9. The van der Waals surface area contributed by atoms with Gasteiger partial charge in [-0.05, 0) is 66.8 Å². The lowest BCUT2D eigenvalue weighted by Gasteiger charge is -2.46. The summed E-state index contributed by atoms with van der Waals surface area (Å²) in [7, 11) is 4.52. The van der Waals surface area contributed by atoms with Gasteiger partial charge in [0.2, 0.25) is 0 Å². The first-order valence-corrected chi connectivity index (χ1v) is 18.1. The summed E-state index contributed by atoms with van der Waals surface area (Å²) < 4.78 is 64.3. The van der Waals surface area contributed by atoms with Crippen LogP contribution in [0.4, 0.5) is 0 Å². The van der Waals surface area contributed by atoms with Crippen molar-refractivity contribution in [2.45, 2.75) is 49.5 Å². The topological polar surface area (TPSA) is 147 Å². The normalized spacial score (nSPS) is 16.4. The Morgan fingerprint density at radius 3 is 2.04 bits per heavy atom. The van der Waals surface area contributed by atoms with Crippen LogP contribution in [-0.2, 0) is 42.0 Å². The van der Waals surface area contributed by atoms with E-state index in [-0.39, 0.29) is 16.9 Å². The molecule has 13 heteroatoms. The van der Waals surface area contributed by atoms with Crippen LogP contribution >= 0.6 is 0 Å². The predicted molar refractivity (Wildman–Crippen MR) is 190 cm³/mol. The number of rotatable bonds is 17. The molecule has 3 aromatic rings. The molecular formula is C38H49NO11S. The Morgan fingerprint density at radius 1 is 0.843 bits per heavy atom. The third kappa shape index (κ3) is 12.0. The molecule has 278 valence electrons. The van der Waals surface area contributed by atoms with Crippen LogP contribution < -0.4 is 18.9 Å². The Balaban J connectivity index is 0.000000602. The number of hydrogen-bond acceptors (Lipinski definition) is 11. The zero-order valence-electron chi connectivity index (χ0n) is 30.1. The van der Waals surface area contributed by atoms with Gasteiger partial charge in [-0.1, -0.05) is 30.8 Å². The highest BCUT2D eigenvalue weighted by Gasteiger charge is 2.40. The molecule has 1 heterocycles. The average molecular weight is 728 g/mol. The second kappa shape index (κ2) is 19.7. The van der Waals surface area contributed by atoms with Gasteiger partial charge < -0.3 is 37.5 Å². The SMILES string of the molecule is C=CC(=O)OCCCCCOC(=O)CC[N@@+]1(C)CCc2cc(OC)c(OC)cc2[C@@H]1Cc1ccc(OC)c(OC)c1.O=S(=O)([O-])c1ccccc1. The maximum absolute atomic E-state index is 12.7. The van der Waals surface area contributed by atoms with Crippen LogP contribution in [0, 0.1) is 0 Å². The van der Waals surface area contributed by atoms with E-state index in [4.69, 9.17) is 28.4 Å². The fraction of sp³-hybridized carbons (Fsp3) is 0.421. The van der Waals surface area contributed by atoms with E-state index in [9.17, 15) is 22.6 Å². The summed E-state index contributed by atoms with van der Waals surface area (Å²) in [6.07, 6.45) is 5.32. The monoisotopic (exact) mass is 727 g/mol. The van der Waals surface area contributed by atoms with E-state index in [1.165, 1.54) is 35.4 Å². The van der Waals surface area contributed by atoms with Crippen LogP contribution in [-0.4, -0.2) is 91.2 Å². The van der Waals surface area contributed by atoms with E-state index in [2.05, 4.69) is 31.8 Å². The van der Waals surface area contributed by atoms with Crippen molar-refractivity contribution in [2.24, 2.45) is 0 Å². The Hall–Kier alpha value is -4.59. The van der Waals surface area contributed by atoms with Gasteiger partial charge in [-0.15, -0.1) is 0 Å². The van der Waals surface area contributed by atoms with Gasteiger partial charge in [-0.25, -0.2) is 13.2 Å². The van der Waals surface area contributed by atoms with Crippen LogP contribution in [0.25, 0.3) is 0 Å². The Bertz CT molecular complexity index is 1710. The molecule has 0 bridgehead atoms. The third-order valence-corrected chi connectivity index (χ3v) is 9.70. The second-order valence-corrected chi connectivity index (χ2v) is 13.5. The second-order valence-electron chi connectivity index (χ2n) is 12.2. The molecule has 0 aliphatic carbocycles. The number of hydrogen-bond donors (Lipinski definition) is 0. The summed E-state index contributed by atoms with van der Waals surface area (Å²) in [5, 5.41) is 0. The molecule has 2 atom stereocenters. The van der Waals surface area contributed by atoms with Gasteiger partial charge in [0.1, 0.15) is 16.2 Å². The Labute approximate surface area is 301 Å². The lowest BCUT2D eigenvalue weighted by molar-refractivity contribution is -0.940. The fourth-order valence-electron chi connectivity index (χ4n) is 5.96. The molecule has 0 radical (unpaired) electrons. The number of esters is 2. The van der Waals surface area contributed by atoms with E-state index in [0.29, 0.717) is 47.9 Å². The summed E-state index contributed by atoms with van der Waals surface area (Å²) in [5.41, 5.74) is 3.53. The van der Waals surface area contributed by atoms with Gasteiger partial charge >= 0.3 is 11.9 Å². The number of benzene rings is 3. The fourth-order valence-corrected chi connectivity index (χ4v) is 6.45. The molecule has 12 nitrogen and oxygen atoms in total. The minimum atomic E-state index is -4.25. The van der Waals surface area contributed by atoms with Crippen LogP contribution in [0.5, 0.6) is 23.0 Å². The summed E-state index contributed by atoms with van der Waals surface area (Å²) in [6.45, 7) is 5.58. The van der Waals surface area contributed by atoms with Gasteiger partial charge in [-0.2, -0.15) is 0 Å². The van der Waals surface area contributed by atoms with Crippen molar-refractivity contribution >= 4 is 22.1 Å². The van der Waals surface area contributed by atoms with Crippen molar-refractivity contribution in [3.8, 4) is 23.0 Å². The van der Waals surface area contributed by atoms with Crippen LogP contribution in [0.15, 0.2) is 78.2 Å². The number of ether oxygens (including phenoxy) is 6. The number of likely N-dealkylation sites (N-methyl/N-ethyl adjacent to an activating group) is 1. The van der Waals surface area contributed by atoms with E-state index >= 15 is 0 Å². The molecule has 0 amide bonds. The molecule has 0 fully saturated rings. The maximum Gasteiger partial charge on any atom is 0.330 e. The lowest BCUT2D eigenvalue weighted by atomic mass is 9.86. The van der Waals surface area contributed by atoms with E-state index in [1.54, 1.807) is 34.5 Å². The predicted octanol–water partition coefficient (Wildman–Crippen LogP) is 5.43. The maximum atomic E-state index is 12.7. The molecule has 1 aliphatic rings. The van der Waals surface area contributed by atoms with E-state index < -0.39 is 16.1 Å². The number of methoxy groups -OCH3 is 4. The molecule has 3 aromatic carbocycles. The number of unbranched alkanes of at least 4 members (excludes halogenated alkanes) is 2. The molecular weight excluding hydrogens is 678 g/mol. The first kappa shape index (κ1) is 40.8. The van der Waals surface area contributed by atoms with Gasteiger partial charge in [-0.3, -0.25) is 4.79 Å². The van der Waals surface area contributed by atoms with Crippen LogP contribution in [0.3, 0.4) is 0 Å². The highest BCUT2D eigenvalue weighted by atomic mass is 32.2. The summed E-state index contributed by atoms with van der Waals surface area (Å²) in [4.78, 5) is 23.6. The van der Waals surface area contributed by atoms with Gasteiger partial charge in [0.05, 0.1) is 73.1 Å². The largest absolute Gasteiger partial charge is 0.744 e. The highest BCUT2D eigenvalue weighted by Crippen LogP contribution is 2.43. The van der Waals surface area contributed by atoms with Crippen LogP contribution in [0.1, 0.15) is 48.4 Å². The molecule has 0 N–H and O–H groups in total. The number of quaternary nitrogens is 1. The standard InChI is InChI=1S/C32H44NO8.C6H6O3S/c1-7-31(34)40-17-9-8-10-18-41-32(35)14-16-33(2)15-13-24-21-29(38-5)30(39-6)22-25(24)26(33)19-23-11-12-27(36-3)28(20-23)37-4;7-10(8,9)6-4-2-1-3-5-6/h7,11-12,20-22,26H,1,8-10,13-19H2,2-6H3;1-5H,(H,7,8,9)/q+1;/p-1/t26-,33+;/m0./s1. The summed E-state index contributed by atoms with van der Waals surface area (Å²) in [5.74, 6) is 2.15. The molecule has 0 saturated carbocycles. The van der Waals surface area contributed by atoms with Crippen molar-refractivity contribution in [3.63, 3.8) is 0 Å². The summed E-state index contributed by atoms with van der Waals surface area (Å²) in [6, 6.07) is 17.4. The van der Waals surface area contributed by atoms with Crippen LogP contribution in [0.2, 0.25) is 0 Å². The first-order valence-electron chi connectivity index (χ1n) is 16.6. The van der Waals surface area contributed by atoms with Gasteiger partial charge in [0, 0.05) is 24.5 Å². The number of fused-ring (bicyclic) bond motifs is 1. The van der Waals surface area contributed by atoms with Crippen molar-refractivity contribution in [3.05, 3.63) is 90.0 Å².